The minimum Gasteiger partial charge on any atom is -0.350 e. The van der Waals surface area contributed by atoms with Crippen LogP contribution in [-0.4, -0.2) is 17.4 Å². The van der Waals surface area contributed by atoms with Gasteiger partial charge < -0.3 is 11.1 Å². The molecule has 0 radical (unpaired) electrons. The molecule has 1 aliphatic carbocycles. The quantitative estimate of drug-likeness (QED) is 0.837. The second-order valence-corrected chi connectivity index (χ2v) is 5.93. The Morgan fingerprint density at radius 3 is 2.88 bits per heavy atom. The molecule has 0 atom stereocenters. The number of carbonyl (C=O) groups excluding carboxylic acids is 1. The van der Waals surface area contributed by atoms with Crippen molar-refractivity contribution < 1.29 is 4.79 Å². The zero-order valence-electron chi connectivity index (χ0n) is 10.2. The lowest BCUT2D eigenvalue weighted by Gasteiger charge is -2.40. The first-order valence-corrected chi connectivity index (χ1v) is 6.89. The highest BCUT2D eigenvalue weighted by Crippen LogP contribution is 2.42. The molecular weight excluding hydrogens is 234 g/mol. The summed E-state index contributed by atoms with van der Waals surface area (Å²) in [6.07, 6.45) is 3.95. The largest absolute Gasteiger partial charge is 0.350 e. The number of nitrogens with two attached hydrogens (primary N) is 1. The van der Waals surface area contributed by atoms with Crippen molar-refractivity contribution in [1.82, 2.24) is 10.3 Å². The number of carbonyl (C=O) groups is 1. The average molecular weight is 253 g/mol. The molecule has 0 unspecified atom stereocenters. The molecule has 1 fully saturated rings. The lowest BCUT2D eigenvalue weighted by atomic mass is 9.66. The molecule has 0 saturated heterocycles. The fraction of sp³-hybridized carbons (Fsp3) is 0.667. The SMILES string of the molecule is Cc1nc(CNC(=O)CC2(CN)CCC2)cs1. The van der Waals surface area contributed by atoms with Crippen LogP contribution in [-0.2, 0) is 11.3 Å². The predicted octanol–water partition coefficient (Wildman–Crippen LogP) is 1.59. The van der Waals surface area contributed by atoms with Crippen molar-refractivity contribution in [3.63, 3.8) is 0 Å². The Morgan fingerprint density at radius 1 is 1.65 bits per heavy atom. The summed E-state index contributed by atoms with van der Waals surface area (Å²) in [4.78, 5) is 16.1. The van der Waals surface area contributed by atoms with Gasteiger partial charge in [0.15, 0.2) is 0 Å². The summed E-state index contributed by atoms with van der Waals surface area (Å²) in [5.74, 6) is 0.0980. The molecule has 1 aromatic heterocycles. The number of hydrogen-bond donors (Lipinski definition) is 2. The second kappa shape index (κ2) is 5.14. The molecule has 3 N–H and O–H groups in total. The number of thiazole rings is 1. The summed E-state index contributed by atoms with van der Waals surface area (Å²) in [5, 5.41) is 5.94. The number of aromatic nitrogens is 1. The van der Waals surface area contributed by atoms with Crippen LogP contribution in [0.15, 0.2) is 5.38 Å². The van der Waals surface area contributed by atoms with Crippen molar-refractivity contribution in [3.05, 3.63) is 16.1 Å². The van der Waals surface area contributed by atoms with E-state index < -0.39 is 0 Å². The van der Waals surface area contributed by atoms with Crippen molar-refractivity contribution in [2.45, 2.75) is 39.2 Å². The van der Waals surface area contributed by atoms with Crippen LogP contribution in [0.25, 0.3) is 0 Å². The van der Waals surface area contributed by atoms with Gasteiger partial charge >= 0.3 is 0 Å². The molecule has 0 aliphatic heterocycles. The van der Waals surface area contributed by atoms with E-state index in [1.54, 1.807) is 11.3 Å². The number of nitrogens with one attached hydrogen (secondary N) is 1. The predicted molar refractivity (Wildman–Crippen MR) is 68.7 cm³/mol. The van der Waals surface area contributed by atoms with Gasteiger partial charge in [-0.2, -0.15) is 0 Å². The Labute approximate surface area is 106 Å². The van der Waals surface area contributed by atoms with Gasteiger partial charge in [-0.1, -0.05) is 6.42 Å². The van der Waals surface area contributed by atoms with Gasteiger partial charge in [0, 0.05) is 11.8 Å². The van der Waals surface area contributed by atoms with Crippen LogP contribution in [0.1, 0.15) is 36.4 Å². The van der Waals surface area contributed by atoms with Gasteiger partial charge in [-0.25, -0.2) is 4.98 Å². The highest BCUT2D eigenvalue weighted by atomic mass is 32.1. The van der Waals surface area contributed by atoms with Crippen molar-refractivity contribution in [2.75, 3.05) is 6.54 Å². The van der Waals surface area contributed by atoms with Crippen LogP contribution in [0, 0.1) is 12.3 Å². The van der Waals surface area contributed by atoms with Gasteiger partial charge in [-0.05, 0) is 31.7 Å². The zero-order valence-corrected chi connectivity index (χ0v) is 11.0. The van der Waals surface area contributed by atoms with E-state index in [1.165, 1.54) is 6.42 Å². The number of hydrogen-bond acceptors (Lipinski definition) is 4. The van der Waals surface area contributed by atoms with Gasteiger partial charge in [0.05, 0.1) is 17.2 Å². The summed E-state index contributed by atoms with van der Waals surface area (Å²) in [5.41, 5.74) is 6.76. The van der Waals surface area contributed by atoms with E-state index in [-0.39, 0.29) is 11.3 Å². The summed E-state index contributed by atoms with van der Waals surface area (Å²) in [7, 11) is 0. The van der Waals surface area contributed by atoms with Crippen LogP contribution in [0.2, 0.25) is 0 Å². The zero-order chi connectivity index (χ0) is 12.3. The number of amides is 1. The third-order valence-corrected chi connectivity index (χ3v) is 4.34. The first-order chi connectivity index (χ1) is 8.13. The van der Waals surface area contributed by atoms with Crippen LogP contribution in [0.4, 0.5) is 0 Å². The van der Waals surface area contributed by atoms with E-state index in [9.17, 15) is 4.79 Å². The molecule has 1 aliphatic rings. The van der Waals surface area contributed by atoms with E-state index in [2.05, 4.69) is 10.3 Å². The second-order valence-electron chi connectivity index (χ2n) is 4.87. The Morgan fingerprint density at radius 2 is 2.41 bits per heavy atom. The minimum atomic E-state index is 0.0854. The third kappa shape index (κ3) is 3.04. The van der Waals surface area contributed by atoms with E-state index in [1.807, 2.05) is 12.3 Å². The van der Waals surface area contributed by atoms with Gasteiger partial charge in [-0.15, -0.1) is 11.3 Å². The van der Waals surface area contributed by atoms with E-state index in [0.29, 0.717) is 19.5 Å². The van der Waals surface area contributed by atoms with E-state index in [0.717, 1.165) is 23.5 Å². The number of aryl methyl sites for hydroxylation is 1. The van der Waals surface area contributed by atoms with E-state index in [4.69, 9.17) is 5.73 Å². The standard InChI is InChI=1S/C12H19N3OS/c1-9-15-10(7-17-9)6-14-11(16)5-12(8-13)3-2-4-12/h7H,2-6,8,13H2,1H3,(H,14,16). The molecule has 0 spiro atoms. The summed E-state index contributed by atoms with van der Waals surface area (Å²) in [6, 6.07) is 0. The lowest BCUT2D eigenvalue weighted by Crippen LogP contribution is -2.41. The summed E-state index contributed by atoms with van der Waals surface area (Å²) >= 11 is 1.61. The van der Waals surface area contributed by atoms with Crippen molar-refractivity contribution in [1.29, 1.82) is 0 Å². The minimum absolute atomic E-state index is 0.0854. The Hall–Kier alpha value is -0.940. The molecular formula is C12H19N3OS. The van der Waals surface area contributed by atoms with Crippen LogP contribution in [0.5, 0.6) is 0 Å². The van der Waals surface area contributed by atoms with Crippen LogP contribution in [0.3, 0.4) is 0 Å². The maximum Gasteiger partial charge on any atom is 0.220 e. The van der Waals surface area contributed by atoms with Crippen molar-refractivity contribution in [3.8, 4) is 0 Å². The first kappa shape index (κ1) is 12.5. The summed E-state index contributed by atoms with van der Waals surface area (Å²) in [6.45, 7) is 3.12. The van der Waals surface area contributed by atoms with Crippen molar-refractivity contribution in [2.24, 2.45) is 11.1 Å². The van der Waals surface area contributed by atoms with Gasteiger partial charge in [0.1, 0.15) is 0 Å². The molecule has 94 valence electrons. The number of rotatable bonds is 5. The molecule has 0 aromatic carbocycles. The van der Waals surface area contributed by atoms with Gasteiger partial charge in [0.2, 0.25) is 5.91 Å². The molecule has 5 heteroatoms. The Balaban J connectivity index is 1.77. The van der Waals surface area contributed by atoms with Gasteiger partial charge in [0.25, 0.3) is 0 Å². The first-order valence-electron chi connectivity index (χ1n) is 6.01. The normalized spacial score (nSPS) is 17.5. The maximum atomic E-state index is 11.8. The molecule has 2 rings (SSSR count). The highest BCUT2D eigenvalue weighted by molar-refractivity contribution is 7.09. The highest BCUT2D eigenvalue weighted by Gasteiger charge is 2.37. The molecule has 1 aromatic rings. The molecule has 17 heavy (non-hydrogen) atoms. The molecule has 0 bridgehead atoms. The van der Waals surface area contributed by atoms with Crippen LogP contribution >= 0.6 is 11.3 Å². The third-order valence-electron chi connectivity index (χ3n) is 3.52. The number of nitrogens with zero attached hydrogens (tertiary/aromatic N) is 1. The molecule has 4 nitrogen and oxygen atoms in total. The monoisotopic (exact) mass is 253 g/mol. The Kier molecular flexibility index (Phi) is 3.79. The summed E-state index contributed by atoms with van der Waals surface area (Å²) < 4.78 is 0. The Bertz CT molecular complexity index is 393. The van der Waals surface area contributed by atoms with Crippen molar-refractivity contribution >= 4 is 17.2 Å². The smallest absolute Gasteiger partial charge is 0.220 e. The fourth-order valence-corrected chi connectivity index (χ4v) is 2.82. The van der Waals surface area contributed by atoms with Gasteiger partial charge in [-0.3, -0.25) is 4.79 Å². The topological polar surface area (TPSA) is 68.0 Å². The average Bonchev–Trinajstić information content (AvgIpc) is 2.67. The molecule has 1 heterocycles. The van der Waals surface area contributed by atoms with E-state index >= 15 is 0 Å². The lowest BCUT2D eigenvalue weighted by molar-refractivity contribution is -0.124. The molecule has 1 amide bonds. The molecule has 1 saturated carbocycles. The maximum absolute atomic E-state index is 11.8. The van der Waals surface area contributed by atoms with Crippen LogP contribution < -0.4 is 11.1 Å². The fourth-order valence-electron chi connectivity index (χ4n) is 2.21.